The van der Waals surface area contributed by atoms with Gasteiger partial charge < -0.3 is 21.2 Å². The predicted molar refractivity (Wildman–Crippen MR) is 96.6 cm³/mol. The number of anilines is 1. The first-order valence-corrected chi connectivity index (χ1v) is 8.48. The van der Waals surface area contributed by atoms with E-state index in [-0.39, 0.29) is 5.97 Å². The molecule has 2 aliphatic heterocycles. The number of nitrogens with two attached hydrogens (primary N) is 1. The summed E-state index contributed by atoms with van der Waals surface area (Å²) >= 11 is 0. The van der Waals surface area contributed by atoms with Crippen molar-refractivity contribution in [2.75, 3.05) is 18.5 Å². The van der Waals surface area contributed by atoms with Crippen LogP contribution in [0.15, 0.2) is 46.4 Å². The van der Waals surface area contributed by atoms with E-state index < -0.39 is 6.17 Å². The van der Waals surface area contributed by atoms with E-state index in [0.29, 0.717) is 24.5 Å². The molecule has 25 heavy (non-hydrogen) atoms. The standard InChI is InChI=1S/C18H23N5O2/c1-2-25-18(24)15-9-14-8-12(13-4-3-7-20-11-13)5-6-16(14)21-17(10-15)22-23-19/h3,5-9,13,17,20-21H,2,4,10-11H2,1H3,(H2,19,22). The fraction of sp³-hybridized carbons (Fsp3) is 0.389. The molecule has 1 aromatic carbocycles. The summed E-state index contributed by atoms with van der Waals surface area (Å²) in [5, 5.41) is 13.9. The first-order valence-electron chi connectivity index (χ1n) is 8.48. The largest absolute Gasteiger partial charge is 0.463 e. The molecule has 0 saturated carbocycles. The van der Waals surface area contributed by atoms with Crippen LogP contribution in [0.5, 0.6) is 0 Å². The highest BCUT2D eigenvalue weighted by atomic mass is 16.5. The third-order valence-electron chi connectivity index (χ3n) is 4.38. The van der Waals surface area contributed by atoms with Crippen molar-refractivity contribution in [3.05, 3.63) is 47.2 Å². The van der Waals surface area contributed by atoms with Crippen LogP contribution in [0.2, 0.25) is 0 Å². The van der Waals surface area contributed by atoms with Gasteiger partial charge in [-0.25, -0.2) is 4.79 Å². The Morgan fingerprint density at radius 2 is 2.32 bits per heavy atom. The van der Waals surface area contributed by atoms with Gasteiger partial charge >= 0.3 is 5.97 Å². The lowest BCUT2D eigenvalue weighted by molar-refractivity contribution is -0.138. The monoisotopic (exact) mass is 341 g/mol. The molecule has 2 unspecified atom stereocenters. The predicted octanol–water partition coefficient (Wildman–Crippen LogP) is 2.69. The number of carbonyl (C=O) groups is 1. The molecule has 0 bridgehead atoms. The van der Waals surface area contributed by atoms with E-state index in [9.17, 15) is 4.79 Å². The maximum absolute atomic E-state index is 12.3. The smallest absolute Gasteiger partial charge is 0.334 e. The SMILES string of the molecule is CCOC(=O)C1=Cc2cc(C3CC=CNC3)ccc2NC(N=NN)C1. The van der Waals surface area contributed by atoms with Gasteiger partial charge in [0.1, 0.15) is 6.17 Å². The Hall–Kier alpha value is -2.83. The number of nitrogens with one attached hydrogen (secondary N) is 2. The summed E-state index contributed by atoms with van der Waals surface area (Å²) in [6, 6.07) is 6.25. The number of hydrogen-bond acceptors (Lipinski definition) is 6. The third kappa shape index (κ3) is 3.99. The van der Waals surface area contributed by atoms with Gasteiger partial charge in [-0.05, 0) is 48.9 Å². The minimum Gasteiger partial charge on any atom is -0.463 e. The number of nitrogens with zero attached hydrogens (tertiary/aromatic N) is 2. The summed E-state index contributed by atoms with van der Waals surface area (Å²) in [6.07, 6.45) is 6.97. The lowest BCUT2D eigenvalue weighted by atomic mass is 9.92. The van der Waals surface area contributed by atoms with Gasteiger partial charge in [-0.2, -0.15) is 0 Å². The molecule has 7 heteroatoms. The molecule has 0 radical (unpaired) electrons. The number of esters is 1. The molecule has 0 aliphatic carbocycles. The van der Waals surface area contributed by atoms with Gasteiger partial charge in [-0.15, -0.1) is 5.11 Å². The number of hydrogen-bond donors (Lipinski definition) is 3. The summed E-state index contributed by atoms with van der Waals surface area (Å²) in [4.78, 5) is 12.3. The summed E-state index contributed by atoms with van der Waals surface area (Å²) in [7, 11) is 0. The van der Waals surface area contributed by atoms with E-state index in [4.69, 9.17) is 10.6 Å². The highest BCUT2D eigenvalue weighted by molar-refractivity contribution is 5.95. The van der Waals surface area contributed by atoms with Crippen molar-refractivity contribution in [2.24, 2.45) is 16.2 Å². The zero-order valence-corrected chi connectivity index (χ0v) is 14.2. The van der Waals surface area contributed by atoms with Crippen LogP contribution in [0.4, 0.5) is 5.69 Å². The van der Waals surface area contributed by atoms with Crippen LogP contribution in [-0.2, 0) is 9.53 Å². The van der Waals surface area contributed by atoms with Gasteiger partial charge in [-0.3, -0.25) is 0 Å². The fourth-order valence-electron chi connectivity index (χ4n) is 3.15. The number of fused-ring (bicyclic) bond motifs is 1. The van der Waals surface area contributed by atoms with Crippen LogP contribution in [0.1, 0.15) is 36.8 Å². The highest BCUT2D eigenvalue weighted by Crippen LogP contribution is 2.31. The van der Waals surface area contributed by atoms with E-state index in [1.165, 1.54) is 5.56 Å². The van der Waals surface area contributed by atoms with Crippen molar-refractivity contribution in [3.63, 3.8) is 0 Å². The minimum absolute atomic E-state index is 0.331. The van der Waals surface area contributed by atoms with E-state index in [2.05, 4.69) is 39.2 Å². The van der Waals surface area contributed by atoms with Crippen molar-refractivity contribution >= 4 is 17.7 Å². The van der Waals surface area contributed by atoms with Crippen LogP contribution in [0.3, 0.4) is 0 Å². The first-order chi connectivity index (χ1) is 12.2. The Morgan fingerprint density at radius 1 is 1.44 bits per heavy atom. The molecular formula is C18H23N5O2. The second-order valence-corrected chi connectivity index (χ2v) is 6.08. The topological polar surface area (TPSA) is 101 Å². The van der Waals surface area contributed by atoms with Gasteiger partial charge in [0.25, 0.3) is 0 Å². The number of ether oxygens (including phenoxy) is 1. The normalized spacial score (nSPS) is 22.4. The Kier molecular flexibility index (Phi) is 5.33. The van der Waals surface area contributed by atoms with Crippen molar-refractivity contribution in [1.29, 1.82) is 0 Å². The molecule has 2 heterocycles. The minimum atomic E-state index is -0.396. The summed E-state index contributed by atoms with van der Waals surface area (Å²) < 4.78 is 5.17. The third-order valence-corrected chi connectivity index (χ3v) is 4.38. The molecule has 7 nitrogen and oxygen atoms in total. The van der Waals surface area contributed by atoms with Gasteiger partial charge in [0.15, 0.2) is 0 Å². The Balaban J connectivity index is 1.96. The molecular weight excluding hydrogens is 318 g/mol. The fourth-order valence-corrected chi connectivity index (χ4v) is 3.15. The summed E-state index contributed by atoms with van der Waals surface area (Å²) in [6.45, 7) is 3.03. The van der Waals surface area contributed by atoms with Crippen molar-refractivity contribution in [2.45, 2.75) is 31.8 Å². The van der Waals surface area contributed by atoms with Crippen LogP contribution in [-0.4, -0.2) is 25.3 Å². The van der Waals surface area contributed by atoms with Gasteiger partial charge in [-0.1, -0.05) is 17.4 Å². The molecule has 0 aromatic heterocycles. The molecule has 4 N–H and O–H groups in total. The van der Waals surface area contributed by atoms with E-state index >= 15 is 0 Å². The van der Waals surface area contributed by atoms with Gasteiger partial charge in [0, 0.05) is 30.1 Å². The first kappa shape index (κ1) is 17.0. The van der Waals surface area contributed by atoms with Gasteiger partial charge in [0.05, 0.1) is 6.61 Å². The number of benzene rings is 1. The number of allylic oxidation sites excluding steroid dienone is 1. The average Bonchev–Trinajstić information content (AvgIpc) is 2.81. The molecule has 0 fully saturated rings. The van der Waals surface area contributed by atoms with Crippen LogP contribution in [0, 0.1) is 0 Å². The molecule has 2 aliphatic rings. The van der Waals surface area contributed by atoms with E-state index in [1.54, 1.807) is 6.92 Å². The van der Waals surface area contributed by atoms with Crippen molar-refractivity contribution < 1.29 is 9.53 Å². The molecule has 0 spiro atoms. The number of rotatable bonds is 4. The van der Waals surface area contributed by atoms with E-state index in [1.807, 2.05) is 18.3 Å². The maximum atomic E-state index is 12.3. The molecule has 3 rings (SSSR count). The quantitative estimate of drug-likeness (QED) is 0.338. The van der Waals surface area contributed by atoms with Crippen LogP contribution >= 0.6 is 0 Å². The second kappa shape index (κ2) is 7.83. The Morgan fingerprint density at radius 3 is 3.04 bits per heavy atom. The summed E-state index contributed by atoms with van der Waals surface area (Å²) in [5.41, 5.74) is 3.64. The maximum Gasteiger partial charge on any atom is 0.334 e. The zero-order chi connectivity index (χ0) is 17.6. The van der Waals surface area contributed by atoms with Crippen molar-refractivity contribution in [1.82, 2.24) is 5.32 Å². The highest BCUT2D eigenvalue weighted by Gasteiger charge is 2.23. The Labute approximate surface area is 147 Å². The molecule has 1 aromatic rings. The van der Waals surface area contributed by atoms with Gasteiger partial charge in [0.2, 0.25) is 0 Å². The lowest BCUT2D eigenvalue weighted by Crippen LogP contribution is -2.20. The Bertz CT molecular complexity index is 726. The average molecular weight is 341 g/mol. The van der Waals surface area contributed by atoms with Crippen LogP contribution in [0.25, 0.3) is 6.08 Å². The molecule has 132 valence electrons. The molecule has 0 amide bonds. The lowest BCUT2D eigenvalue weighted by Gasteiger charge is -2.21. The zero-order valence-electron chi connectivity index (χ0n) is 14.2. The van der Waals surface area contributed by atoms with Crippen molar-refractivity contribution in [3.8, 4) is 0 Å². The molecule has 0 saturated heterocycles. The van der Waals surface area contributed by atoms with Crippen LogP contribution < -0.4 is 16.5 Å². The second-order valence-electron chi connectivity index (χ2n) is 6.08. The number of carbonyl (C=O) groups excluding carboxylic acids is 1. The molecule has 2 atom stereocenters. The summed E-state index contributed by atoms with van der Waals surface area (Å²) in [5.74, 6) is 5.28. The van der Waals surface area contributed by atoms with E-state index in [0.717, 1.165) is 24.2 Å².